The topological polar surface area (TPSA) is 49.8 Å². The first-order valence-electron chi connectivity index (χ1n) is 6.27. The van der Waals surface area contributed by atoms with Crippen LogP contribution in [0.2, 0.25) is 0 Å². The second kappa shape index (κ2) is 5.12. The lowest BCUT2D eigenvalue weighted by molar-refractivity contribution is -0.153. The predicted octanol–water partition coefficient (Wildman–Crippen LogP) is 1.15. The predicted molar refractivity (Wildman–Crippen MR) is 65.1 cm³/mol. The van der Waals surface area contributed by atoms with Gasteiger partial charge in [-0.3, -0.25) is 4.79 Å². The number of carbonyl (C=O) groups excluding carboxylic acids is 1. The summed E-state index contributed by atoms with van der Waals surface area (Å²) in [5.74, 6) is -0.00197. The Kier molecular flexibility index (Phi) is 3.95. The van der Waals surface area contributed by atoms with Crippen molar-refractivity contribution in [2.45, 2.75) is 49.7 Å². The summed E-state index contributed by atoms with van der Waals surface area (Å²) in [6.45, 7) is 3.70. The van der Waals surface area contributed by atoms with Gasteiger partial charge in [0.25, 0.3) is 0 Å². The van der Waals surface area contributed by atoms with Gasteiger partial charge in [0.15, 0.2) is 0 Å². The van der Waals surface area contributed by atoms with E-state index in [-0.39, 0.29) is 17.6 Å². The third-order valence-electron chi connectivity index (χ3n) is 3.79. The van der Waals surface area contributed by atoms with Gasteiger partial charge < -0.3 is 14.7 Å². The highest BCUT2D eigenvalue weighted by Gasteiger charge is 2.41. The van der Waals surface area contributed by atoms with E-state index in [1.54, 1.807) is 11.8 Å². The lowest BCUT2D eigenvalue weighted by Crippen LogP contribution is -2.52. The largest absolute Gasteiger partial charge is 0.393 e. The first-order chi connectivity index (χ1) is 8.02. The number of ether oxygens (including phenoxy) is 1. The summed E-state index contributed by atoms with van der Waals surface area (Å²) in [5, 5.41) is 9.25. The van der Waals surface area contributed by atoms with E-state index in [0.717, 1.165) is 19.3 Å². The summed E-state index contributed by atoms with van der Waals surface area (Å²) < 4.78 is 5.83. The number of piperidine rings is 1. The fourth-order valence-corrected chi connectivity index (χ4v) is 2.87. The summed E-state index contributed by atoms with van der Waals surface area (Å²) in [5.41, 5.74) is -0.204. The fourth-order valence-electron chi connectivity index (χ4n) is 2.74. The van der Waals surface area contributed by atoms with Gasteiger partial charge in [0.2, 0.25) is 5.91 Å². The molecule has 17 heavy (non-hydrogen) atoms. The lowest BCUT2D eigenvalue weighted by Gasteiger charge is -2.45. The molecule has 0 aromatic rings. The van der Waals surface area contributed by atoms with Crippen LogP contribution in [-0.4, -0.2) is 52.7 Å². The normalized spacial score (nSPS) is 30.3. The molecule has 5 heteroatoms. The minimum absolute atomic E-state index is 0.00197. The third kappa shape index (κ3) is 2.92. The summed E-state index contributed by atoms with van der Waals surface area (Å²) in [6, 6.07) is 0. The van der Waals surface area contributed by atoms with Crippen LogP contribution in [0, 0.1) is 0 Å². The van der Waals surface area contributed by atoms with Gasteiger partial charge in [-0.05, 0) is 26.2 Å². The van der Waals surface area contributed by atoms with E-state index in [4.69, 9.17) is 16.3 Å². The maximum absolute atomic E-state index is 11.7. The molecule has 1 amide bonds. The SMILES string of the molecule is C[C@H](Cl)C(=O)N1CCC2(CC1)C[C@@H](O)CCO2. The molecule has 0 aromatic heterocycles. The van der Waals surface area contributed by atoms with Crippen molar-refractivity contribution >= 4 is 17.5 Å². The number of carbonyl (C=O) groups is 1. The zero-order valence-corrected chi connectivity index (χ0v) is 10.9. The van der Waals surface area contributed by atoms with Crippen molar-refractivity contribution < 1.29 is 14.6 Å². The van der Waals surface area contributed by atoms with Gasteiger partial charge in [-0.15, -0.1) is 11.6 Å². The Morgan fingerprint density at radius 2 is 2.18 bits per heavy atom. The number of amides is 1. The molecule has 98 valence electrons. The summed E-state index contributed by atoms with van der Waals surface area (Å²) in [4.78, 5) is 13.5. The van der Waals surface area contributed by atoms with Crippen LogP contribution in [0.3, 0.4) is 0 Å². The van der Waals surface area contributed by atoms with Crippen molar-refractivity contribution in [3.63, 3.8) is 0 Å². The number of rotatable bonds is 1. The maximum Gasteiger partial charge on any atom is 0.240 e. The Labute approximate surface area is 107 Å². The molecule has 1 N–H and O–H groups in total. The molecule has 2 heterocycles. The molecule has 0 aliphatic carbocycles. The number of likely N-dealkylation sites (tertiary alicyclic amines) is 1. The van der Waals surface area contributed by atoms with Crippen LogP contribution in [0.1, 0.15) is 32.6 Å². The van der Waals surface area contributed by atoms with Crippen molar-refractivity contribution in [1.82, 2.24) is 4.90 Å². The molecule has 2 saturated heterocycles. The monoisotopic (exact) mass is 261 g/mol. The molecule has 2 aliphatic rings. The van der Waals surface area contributed by atoms with Gasteiger partial charge in [0, 0.05) is 26.1 Å². The van der Waals surface area contributed by atoms with Crippen LogP contribution in [0.5, 0.6) is 0 Å². The second-order valence-corrected chi connectivity index (χ2v) is 5.77. The Balaban J connectivity index is 1.91. The maximum atomic E-state index is 11.7. The Hall–Kier alpha value is -0.320. The molecular weight excluding hydrogens is 242 g/mol. The van der Waals surface area contributed by atoms with E-state index in [1.807, 2.05) is 0 Å². The average Bonchev–Trinajstić information content (AvgIpc) is 2.29. The number of hydrogen-bond donors (Lipinski definition) is 1. The zero-order valence-electron chi connectivity index (χ0n) is 10.2. The number of alkyl halides is 1. The molecule has 0 saturated carbocycles. The average molecular weight is 262 g/mol. The van der Waals surface area contributed by atoms with Gasteiger partial charge in [0.05, 0.1) is 11.7 Å². The Bertz CT molecular complexity index is 287. The van der Waals surface area contributed by atoms with Crippen LogP contribution < -0.4 is 0 Å². The van der Waals surface area contributed by atoms with Crippen molar-refractivity contribution in [1.29, 1.82) is 0 Å². The summed E-state index contributed by atoms with van der Waals surface area (Å²) >= 11 is 5.80. The molecule has 2 rings (SSSR count). The van der Waals surface area contributed by atoms with Gasteiger partial charge >= 0.3 is 0 Å². The van der Waals surface area contributed by atoms with Gasteiger partial charge in [-0.25, -0.2) is 0 Å². The lowest BCUT2D eigenvalue weighted by atomic mass is 9.83. The Morgan fingerprint density at radius 1 is 1.53 bits per heavy atom. The molecular formula is C12H20ClNO3. The van der Waals surface area contributed by atoms with E-state index in [2.05, 4.69) is 0 Å². The number of halogens is 1. The smallest absolute Gasteiger partial charge is 0.240 e. The number of aliphatic hydroxyl groups excluding tert-OH is 1. The van der Waals surface area contributed by atoms with Crippen molar-refractivity contribution in [3.05, 3.63) is 0 Å². The molecule has 4 nitrogen and oxygen atoms in total. The molecule has 0 unspecified atom stereocenters. The molecule has 2 fully saturated rings. The first-order valence-corrected chi connectivity index (χ1v) is 6.71. The highest BCUT2D eigenvalue weighted by atomic mass is 35.5. The molecule has 0 radical (unpaired) electrons. The minimum atomic E-state index is -0.457. The van der Waals surface area contributed by atoms with Crippen LogP contribution in [0.15, 0.2) is 0 Å². The quantitative estimate of drug-likeness (QED) is 0.721. The van der Waals surface area contributed by atoms with Crippen LogP contribution in [0.25, 0.3) is 0 Å². The van der Waals surface area contributed by atoms with E-state index < -0.39 is 5.38 Å². The number of nitrogens with zero attached hydrogens (tertiary/aromatic N) is 1. The second-order valence-electron chi connectivity index (χ2n) is 5.12. The van der Waals surface area contributed by atoms with Crippen molar-refractivity contribution in [3.8, 4) is 0 Å². The summed E-state index contributed by atoms with van der Waals surface area (Å²) in [7, 11) is 0. The van der Waals surface area contributed by atoms with Crippen LogP contribution in [0.4, 0.5) is 0 Å². The van der Waals surface area contributed by atoms with Crippen LogP contribution in [-0.2, 0) is 9.53 Å². The van der Waals surface area contributed by atoms with E-state index in [1.165, 1.54) is 0 Å². The fraction of sp³-hybridized carbons (Fsp3) is 0.917. The van der Waals surface area contributed by atoms with Crippen LogP contribution >= 0.6 is 11.6 Å². The van der Waals surface area contributed by atoms with Gasteiger partial charge in [-0.1, -0.05) is 0 Å². The Morgan fingerprint density at radius 3 is 2.71 bits per heavy atom. The van der Waals surface area contributed by atoms with Crippen molar-refractivity contribution in [2.24, 2.45) is 0 Å². The third-order valence-corrected chi connectivity index (χ3v) is 3.98. The first kappa shape index (κ1) is 13.1. The molecule has 2 aliphatic heterocycles. The van der Waals surface area contributed by atoms with Gasteiger partial charge in [-0.2, -0.15) is 0 Å². The van der Waals surface area contributed by atoms with Crippen molar-refractivity contribution in [2.75, 3.05) is 19.7 Å². The molecule has 2 atom stereocenters. The highest BCUT2D eigenvalue weighted by molar-refractivity contribution is 6.30. The molecule has 0 bridgehead atoms. The van der Waals surface area contributed by atoms with E-state index >= 15 is 0 Å². The standard InChI is InChI=1S/C12H20ClNO3/c1-9(13)11(16)14-5-3-12(4-6-14)8-10(15)2-7-17-12/h9-10,15H,2-8H2,1H3/t9-,10-/m0/s1. The molecule has 0 aromatic carbocycles. The number of hydrogen-bond acceptors (Lipinski definition) is 3. The van der Waals surface area contributed by atoms with E-state index in [9.17, 15) is 9.90 Å². The summed E-state index contributed by atoms with van der Waals surface area (Å²) in [6.07, 6.45) is 2.78. The van der Waals surface area contributed by atoms with E-state index in [0.29, 0.717) is 26.1 Å². The minimum Gasteiger partial charge on any atom is -0.393 e. The highest BCUT2D eigenvalue weighted by Crippen LogP contribution is 2.35. The number of aliphatic hydroxyl groups is 1. The van der Waals surface area contributed by atoms with Gasteiger partial charge in [0.1, 0.15) is 5.38 Å². The zero-order chi connectivity index (χ0) is 12.5. The molecule has 1 spiro atoms.